The Morgan fingerprint density at radius 2 is 1.94 bits per heavy atom. The Bertz CT molecular complexity index is 907. The van der Waals surface area contributed by atoms with Gasteiger partial charge >= 0.3 is 0 Å². The molecule has 0 radical (unpaired) electrons. The summed E-state index contributed by atoms with van der Waals surface area (Å²) >= 11 is 3.40. The number of unbranched alkanes of at least 4 members (excludes halogenated alkanes) is 2. The average molecular weight is 487 g/mol. The van der Waals surface area contributed by atoms with Crippen LogP contribution in [0.1, 0.15) is 38.7 Å². The third kappa shape index (κ3) is 8.73. The maximum absolute atomic E-state index is 12.3. The summed E-state index contributed by atoms with van der Waals surface area (Å²) < 4.78 is 17.7. The van der Waals surface area contributed by atoms with E-state index in [4.69, 9.17) is 20.6 Å². The highest BCUT2D eigenvalue weighted by Gasteiger charge is 2.14. The Kier molecular flexibility index (Phi) is 10.5. The first kappa shape index (κ1) is 24.3. The SMILES string of the molecule is C#CCOc1ccc(Br)cc1C=NNC(=O)C(C)Oc1ccc(OCCCCC)cc1. The smallest absolute Gasteiger partial charge is 0.280 e. The molecular formula is C24H27BrN2O4. The molecule has 0 aliphatic heterocycles. The quantitative estimate of drug-likeness (QED) is 0.199. The predicted molar refractivity (Wildman–Crippen MR) is 126 cm³/mol. The molecule has 0 aliphatic rings. The van der Waals surface area contributed by atoms with Gasteiger partial charge in [-0.05, 0) is 55.8 Å². The van der Waals surface area contributed by atoms with Crippen molar-refractivity contribution in [2.45, 2.75) is 39.2 Å². The van der Waals surface area contributed by atoms with E-state index in [-0.39, 0.29) is 12.5 Å². The number of hydrogen-bond acceptors (Lipinski definition) is 5. The lowest BCUT2D eigenvalue weighted by molar-refractivity contribution is -0.127. The van der Waals surface area contributed by atoms with E-state index in [0.29, 0.717) is 23.7 Å². The Morgan fingerprint density at radius 3 is 2.65 bits per heavy atom. The van der Waals surface area contributed by atoms with Crippen molar-refractivity contribution >= 4 is 28.1 Å². The van der Waals surface area contributed by atoms with Crippen LogP contribution in [0.15, 0.2) is 52.0 Å². The number of benzene rings is 2. The zero-order valence-corrected chi connectivity index (χ0v) is 19.4. The second kappa shape index (κ2) is 13.3. The largest absolute Gasteiger partial charge is 0.494 e. The first-order valence-corrected chi connectivity index (χ1v) is 10.9. The fourth-order valence-corrected chi connectivity index (χ4v) is 2.92. The van der Waals surface area contributed by atoms with E-state index >= 15 is 0 Å². The Hall–Kier alpha value is -2.98. The van der Waals surface area contributed by atoms with Gasteiger partial charge in [0.25, 0.3) is 5.91 Å². The van der Waals surface area contributed by atoms with Crippen LogP contribution >= 0.6 is 15.9 Å². The number of nitrogens with one attached hydrogen (secondary N) is 1. The van der Waals surface area contributed by atoms with Crippen LogP contribution < -0.4 is 19.6 Å². The summed E-state index contributed by atoms with van der Waals surface area (Å²) in [7, 11) is 0. The number of terminal acetylenes is 1. The monoisotopic (exact) mass is 486 g/mol. The topological polar surface area (TPSA) is 69.2 Å². The lowest BCUT2D eigenvalue weighted by Crippen LogP contribution is -2.33. The predicted octanol–water partition coefficient (Wildman–Crippen LogP) is 4.95. The Labute approximate surface area is 192 Å². The molecular weight excluding hydrogens is 460 g/mol. The van der Waals surface area contributed by atoms with Gasteiger partial charge in [0, 0.05) is 10.0 Å². The zero-order valence-electron chi connectivity index (χ0n) is 17.8. The summed E-state index contributed by atoms with van der Waals surface area (Å²) in [5.74, 6) is 3.96. The minimum atomic E-state index is -0.729. The number of ether oxygens (including phenoxy) is 3. The second-order valence-electron chi connectivity index (χ2n) is 6.70. The third-order valence-corrected chi connectivity index (χ3v) is 4.68. The lowest BCUT2D eigenvalue weighted by atomic mass is 10.2. The van der Waals surface area contributed by atoms with Gasteiger partial charge in [-0.15, -0.1) is 6.42 Å². The molecule has 0 saturated heterocycles. The van der Waals surface area contributed by atoms with Gasteiger partial charge in [0.05, 0.1) is 12.8 Å². The van der Waals surface area contributed by atoms with E-state index < -0.39 is 6.10 Å². The van der Waals surface area contributed by atoms with Gasteiger partial charge in [0.15, 0.2) is 6.10 Å². The van der Waals surface area contributed by atoms with Gasteiger partial charge in [-0.2, -0.15) is 5.10 Å². The number of amides is 1. The standard InChI is InChI=1S/C24H27BrN2O4/c1-4-6-7-15-29-21-9-11-22(12-10-21)31-18(3)24(28)27-26-17-19-16-20(25)8-13-23(19)30-14-5-2/h2,8-13,16-18H,4,6-7,14-15H2,1,3H3,(H,27,28). The molecule has 1 atom stereocenters. The van der Waals surface area contributed by atoms with E-state index in [0.717, 1.165) is 29.5 Å². The number of halogens is 1. The molecule has 2 aromatic rings. The minimum absolute atomic E-state index is 0.141. The molecule has 2 rings (SSSR count). The number of carbonyl (C=O) groups excluding carboxylic acids is 1. The van der Waals surface area contributed by atoms with Crippen LogP contribution in [-0.4, -0.2) is 31.4 Å². The van der Waals surface area contributed by atoms with Crippen molar-refractivity contribution in [2.75, 3.05) is 13.2 Å². The van der Waals surface area contributed by atoms with Crippen LogP contribution in [0.2, 0.25) is 0 Å². The van der Waals surface area contributed by atoms with Crippen molar-refractivity contribution in [3.63, 3.8) is 0 Å². The molecule has 1 unspecified atom stereocenters. The molecule has 164 valence electrons. The summed E-state index contributed by atoms with van der Waals surface area (Å²) in [5.41, 5.74) is 3.15. The molecule has 1 N–H and O–H groups in total. The average Bonchev–Trinajstić information content (AvgIpc) is 2.77. The van der Waals surface area contributed by atoms with E-state index in [1.165, 1.54) is 6.21 Å². The van der Waals surface area contributed by atoms with Crippen LogP contribution in [0, 0.1) is 12.3 Å². The molecule has 0 fully saturated rings. The van der Waals surface area contributed by atoms with Crippen LogP contribution in [0.3, 0.4) is 0 Å². The number of carbonyl (C=O) groups is 1. The van der Waals surface area contributed by atoms with Crippen molar-refractivity contribution in [2.24, 2.45) is 5.10 Å². The van der Waals surface area contributed by atoms with Gasteiger partial charge < -0.3 is 14.2 Å². The van der Waals surface area contributed by atoms with Crippen LogP contribution in [0.5, 0.6) is 17.2 Å². The number of rotatable bonds is 12. The molecule has 2 aromatic carbocycles. The van der Waals surface area contributed by atoms with Crippen molar-refractivity contribution < 1.29 is 19.0 Å². The summed E-state index contributed by atoms with van der Waals surface area (Å²) in [6.45, 7) is 4.64. The molecule has 0 bridgehead atoms. The second-order valence-corrected chi connectivity index (χ2v) is 7.61. The number of hydrogen-bond donors (Lipinski definition) is 1. The molecule has 0 aromatic heterocycles. The van der Waals surface area contributed by atoms with Crippen molar-refractivity contribution in [3.05, 3.63) is 52.5 Å². The minimum Gasteiger partial charge on any atom is -0.494 e. The highest BCUT2D eigenvalue weighted by Crippen LogP contribution is 2.22. The molecule has 0 heterocycles. The van der Waals surface area contributed by atoms with Crippen LogP contribution in [0.4, 0.5) is 0 Å². The first-order chi connectivity index (χ1) is 15.0. The maximum Gasteiger partial charge on any atom is 0.280 e. The highest BCUT2D eigenvalue weighted by molar-refractivity contribution is 9.10. The maximum atomic E-state index is 12.3. The summed E-state index contributed by atoms with van der Waals surface area (Å²) in [6.07, 6.45) is 9.34. The number of nitrogens with zero attached hydrogens (tertiary/aromatic N) is 1. The Morgan fingerprint density at radius 1 is 1.19 bits per heavy atom. The zero-order chi connectivity index (χ0) is 22.5. The van der Waals surface area contributed by atoms with E-state index in [1.54, 1.807) is 25.1 Å². The molecule has 6 nitrogen and oxygen atoms in total. The summed E-state index contributed by atoms with van der Waals surface area (Å²) in [4.78, 5) is 12.3. The highest BCUT2D eigenvalue weighted by atomic mass is 79.9. The van der Waals surface area contributed by atoms with E-state index in [1.807, 2.05) is 24.3 Å². The first-order valence-electron chi connectivity index (χ1n) is 10.1. The normalized spacial score (nSPS) is 11.5. The third-order valence-electron chi connectivity index (χ3n) is 4.18. The number of hydrazone groups is 1. The van der Waals surface area contributed by atoms with Gasteiger partial charge in [-0.1, -0.05) is 41.6 Å². The molecule has 0 spiro atoms. The van der Waals surface area contributed by atoms with Gasteiger partial charge in [-0.25, -0.2) is 5.43 Å². The molecule has 31 heavy (non-hydrogen) atoms. The molecule has 1 amide bonds. The van der Waals surface area contributed by atoms with E-state index in [9.17, 15) is 4.79 Å². The summed E-state index contributed by atoms with van der Waals surface area (Å²) in [5, 5.41) is 4.00. The lowest BCUT2D eigenvalue weighted by Gasteiger charge is -2.13. The van der Waals surface area contributed by atoms with Gasteiger partial charge in [0.1, 0.15) is 23.9 Å². The molecule has 7 heteroatoms. The van der Waals surface area contributed by atoms with Gasteiger partial charge in [0.2, 0.25) is 0 Å². The summed E-state index contributed by atoms with van der Waals surface area (Å²) in [6, 6.07) is 12.6. The van der Waals surface area contributed by atoms with Crippen LogP contribution in [-0.2, 0) is 4.79 Å². The van der Waals surface area contributed by atoms with Crippen molar-refractivity contribution in [3.8, 4) is 29.6 Å². The fraction of sp³-hybridized carbons (Fsp3) is 0.333. The molecule has 0 aliphatic carbocycles. The fourth-order valence-electron chi connectivity index (χ4n) is 2.54. The van der Waals surface area contributed by atoms with E-state index in [2.05, 4.69) is 39.3 Å². The van der Waals surface area contributed by atoms with Crippen molar-refractivity contribution in [1.82, 2.24) is 5.43 Å². The Balaban J connectivity index is 1.86. The van der Waals surface area contributed by atoms with Gasteiger partial charge in [-0.3, -0.25) is 4.79 Å². The van der Waals surface area contributed by atoms with Crippen LogP contribution in [0.25, 0.3) is 0 Å². The molecule has 0 saturated carbocycles. The van der Waals surface area contributed by atoms with Crippen molar-refractivity contribution in [1.29, 1.82) is 0 Å².